The number of nitrogens with one attached hydrogen (secondary N) is 1. The van der Waals surface area contributed by atoms with Crippen molar-refractivity contribution < 1.29 is 90.5 Å². The molecule has 0 aliphatic heterocycles. The molecule has 0 saturated carbocycles. The molecule has 55 heavy (non-hydrogen) atoms. The number of carboxylic acids is 1. The minimum atomic E-state index is -1.13. The Kier molecular flexibility index (Phi) is 44.4. The second-order valence-corrected chi connectivity index (χ2v) is 10.8. The van der Waals surface area contributed by atoms with E-state index in [1.54, 1.807) is 6.92 Å². The number of carboxylic acid groups (broad SMARTS) is 1. The van der Waals surface area contributed by atoms with E-state index < -0.39 is 18.5 Å². The van der Waals surface area contributed by atoms with Crippen LogP contribution in [-0.4, -0.2) is 221 Å². The number of ether oxygens (including phenoxy) is 15. The van der Waals surface area contributed by atoms with E-state index in [2.05, 4.69) is 10.1 Å². The van der Waals surface area contributed by atoms with Gasteiger partial charge in [-0.05, 0) is 6.92 Å². The van der Waals surface area contributed by atoms with Crippen LogP contribution in [0, 0.1) is 0 Å². The van der Waals surface area contributed by atoms with Gasteiger partial charge in [-0.25, -0.2) is 4.79 Å². The monoisotopic (exact) mass is 805 g/mol. The standard InChI is InChI=1S/C35H67NO19/c1-2-55-35(40)3-5-41-7-9-43-11-13-45-15-17-47-19-21-49-23-25-51-27-29-53-30-28-52-26-24-50-22-20-48-18-16-46-14-12-44-10-8-42-6-4-36-33(37)31-54-32-34(38)39/h2-32H2,1H3,(H,36,37)(H,38,39). The molecule has 0 spiro atoms. The third-order valence-electron chi connectivity index (χ3n) is 6.25. The molecule has 1 amide bonds. The predicted molar refractivity (Wildman–Crippen MR) is 193 cm³/mol. The molecule has 20 heteroatoms. The lowest BCUT2D eigenvalue weighted by atomic mass is 10.5. The van der Waals surface area contributed by atoms with Gasteiger partial charge in [0, 0.05) is 6.54 Å². The Morgan fingerprint density at radius 3 is 0.927 bits per heavy atom. The molecular formula is C35H67NO19. The molecule has 2 N–H and O–H groups in total. The van der Waals surface area contributed by atoms with Gasteiger partial charge in [0.05, 0.1) is 185 Å². The molecule has 0 aromatic carbocycles. The summed E-state index contributed by atoms with van der Waals surface area (Å²) in [7, 11) is 0. The van der Waals surface area contributed by atoms with Crippen LogP contribution in [0.3, 0.4) is 0 Å². The van der Waals surface area contributed by atoms with E-state index in [1.165, 1.54) is 0 Å². The summed E-state index contributed by atoms with van der Waals surface area (Å²) >= 11 is 0. The maximum atomic E-state index is 11.4. The number of esters is 1. The molecule has 0 bridgehead atoms. The van der Waals surface area contributed by atoms with Gasteiger partial charge in [0.1, 0.15) is 13.2 Å². The molecule has 0 heterocycles. The Morgan fingerprint density at radius 1 is 0.382 bits per heavy atom. The maximum Gasteiger partial charge on any atom is 0.329 e. The lowest BCUT2D eigenvalue weighted by Gasteiger charge is -2.09. The number of amides is 1. The fourth-order valence-electron chi connectivity index (χ4n) is 3.67. The summed E-state index contributed by atoms with van der Waals surface area (Å²) in [6, 6.07) is 0. The quantitative estimate of drug-likeness (QED) is 0.0578. The fraction of sp³-hybridized carbons (Fsp3) is 0.914. The second kappa shape index (κ2) is 46.2. The van der Waals surface area contributed by atoms with Crippen LogP contribution in [0.5, 0.6) is 0 Å². The first-order chi connectivity index (χ1) is 27.1. The highest BCUT2D eigenvalue weighted by Gasteiger charge is 2.04. The largest absolute Gasteiger partial charge is 0.480 e. The first kappa shape index (κ1) is 52.9. The van der Waals surface area contributed by atoms with Crippen LogP contribution in [0.4, 0.5) is 0 Å². The molecule has 0 aromatic heterocycles. The van der Waals surface area contributed by atoms with Crippen molar-refractivity contribution in [2.75, 3.05) is 198 Å². The number of rotatable bonds is 47. The van der Waals surface area contributed by atoms with E-state index in [-0.39, 0.29) is 19.0 Å². The number of aliphatic carboxylic acids is 1. The van der Waals surface area contributed by atoms with Gasteiger partial charge in [-0.3, -0.25) is 9.59 Å². The Labute approximate surface area is 325 Å². The summed E-state index contributed by atoms with van der Waals surface area (Å²) < 4.78 is 80.0. The highest BCUT2D eigenvalue weighted by molar-refractivity contribution is 5.77. The summed E-state index contributed by atoms with van der Waals surface area (Å²) in [6.07, 6.45) is 0.247. The third-order valence-corrected chi connectivity index (χ3v) is 6.25. The van der Waals surface area contributed by atoms with E-state index >= 15 is 0 Å². The Morgan fingerprint density at radius 2 is 0.655 bits per heavy atom. The van der Waals surface area contributed by atoms with Crippen molar-refractivity contribution >= 4 is 17.8 Å². The van der Waals surface area contributed by atoms with Crippen molar-refractivity contribution in [3.05, 3.63) is 0 Å². The smallest absolute Gasteiger partial charge is 0.329 e. The molecule has 326 valence electrons. The van der Waals surface area contributed by atoms with Crippen LogP contribution in [-0.2, 0) is 85.4 Å². The van der Waals surface area contributed by atoms with Gasteiger partial charge >= 0.3 is 11.9 Å². The first-order valence-electron chi connectivity index (χ1n) is 18.8. The molecule has 0 rings (SSSR count). The van der Waals surface area contributed by atoms with Gasteiger partial charge in [0.25, 0.3) is 0 Å². The summed E-state index contributed by atoms with van der Waals surface area (Å²) in [4.78, 5) is 32.8. The zero-order valence-electron chi connectivity index (χ0n) is 32.7. The van der Waals surface area contributed by atoms with Gasteiger partial charge in [0.2, 0.25) is 5.91 Å². The minimum absolute atomic E-state index is 0.247. The molecule has 20 nitrogen and oxygen atoms in total. The summed E-state index contributed by atoms with van der Waals surface area (Å²) in [5, 5.41) is 11.0. The molecule has 0 aromatic rings. The van der Waals surface area contributed by atoms with E-state index in [0.717, 1.165) is 0 Å². The SMILES string of the molecule is CCOC(=O)CCOCCOCCOCCOCCOCCOCCOCCOCCOCCOCCOCCOCCOCCNC(=O)COCC(=O)O. The van der Waals surface area contributed by atoms with E-state index in [0.29, 0.717) is 185 Å². The van der Waals surface area contributed by atoms with Crippen LogP contribution in [0.25, 0.3) is 0 Å². The van der Waals surface area contributed by atoms with Gasteiger partial charge < -0.3 is 81.5 Å². The fourth-order valence-corrected chi connectivity index (χ4v) is 3.67. The van der Waals surface area contributed by atoms with E-state index in [1.807, 2.05) is 0 Å². The van der Waals surface area contributed by atoms with Gasteiger partial charge in [-0.1, -0.05) is 0 Å². The van der Waals surface area contributed by atoms with Crippen LogP contribution >= 0.6 is 0 Å². The van der Waals surface area contributed by atoms with Crippen LogP contribution in [0.1, 0.15) is 13.3 Å². The molecule has 0 atom stereocenters. The molecule has 0 radical (unpaired) electrons. The van der Waals surface area contributed by atoms with Gasteiger partial charge in [-0.15, -0.1) is 0 Å². The average Bonchev–Trinajstić information content (AvgIpc) is 3.16. The molecular weight excluding hydrogens is 738 g/mol. The Bertz CT molecular complexity index is 829. The first-order valence-corrected chi connectivity index (χ1v) is 18.8. The zero-order chi connectivity index (χ0) is 40.0. The van der Waals surface area contributed by atoms with Crippen LogP contribution < -0.4 is 5.32 Å². The predicted octanol–water partition coefficient (Wildman–Crippen LogP) is -0.627. The third kappa shape index (κ3) is 47.9. The summed E-state index contributed by atoms with van der Waals surface area (Å²) in [6.45, 7) is 13.2. The molecule has 0 aliphatic carbocycles. The molecule has 0 fully saturated rings. The van der Waals surface area contributed by atoms with Crippen molar-refractivity contribution in [3.8, 4) is 0 Å². The number of hydrogen-bond acceptors (Lipinski definition) is 18. The second-order valence-electron chi connectivity index (χ2n) is 10.8. The van der Waals surface area contributed by atoms with Crippen LogP contribution in [0.15, 0.2) is 0 Å². The topological polar surface area (TPSA) is 222 Å². The van der Waals surface area contributed by atoms with Gasteiger partial charge in [-0.2, -0.15) is 0 Å². The van der Waals surface area contributed by atoms with Crippen molar-refractivity contribution in [3.63, 3.8) is 0 Å². The zero-order valence-corrected chi connectivity index (χ0v) is 32.7. The molecule has 0 saturated heterocycles. The molecule has 0 aliphatic rings. The van der Waals surface area contributed by atoms with Crippen molar-refractivity contribution in [2.45, 2.75) is 13.3 Å². The highest BCUT2D eigenvalue weighted by Crippen LogP contribution is 1.90. The normalized spacial score (nSPS) is 11.3. The van der Waals surface area contributed by atoms with Crippen molar-refractivity contribution in [1.29, 1.82) is 0 Å². The van der Waals surface area contributed by atoms with Crippen LogP contribution in [0.2, 0.25) is 0 Å². The Balaban J connectivity index is 3.10. The van der Waals surface area contributed by atoms with Crippen molar-refractivity contribution in [1.82, 2.24) is 5.32 Å². The number of carbonyl (C=O) groups is 3. The summed E-state index contributed by atoms with van der Waals surface area (Å²) in [5.41, 5.74) is 0. The Hall–Kier alpha value is -2.15. The molecule has 0 unspecified atom stereocenters. The van der Waals surface area contributed by atoms with E-state index in [4.69, 9.17) is 71.4 Å². The maximum absolute atomic E-state index is 11.4. The van der Waals surface area contributed by atoms with E-state index in [9.17, 15) is 14.4 Å². The van der Waals surface area contributed by atoms with Crippen molar-refractivity contribution in [2.24, 2.45) is 0 Å². The van der Waals surface area contributed by atoms with Gasteiger partial charge in [0.15, 0.2) is 0 Å². The highest BCUT2D eigenvalue weighted by atomic mass is 16.6. The number of carbonyl (C=O) groups excluding carboxylic acids is 2. The average molecular weight is 806 g/mol. The summed E-state index contributed by atoms with van der Waals surface area (Å²) in [5.74, 6) is -1.79. The number of hydrogen-bond donors (Lipinski definition) is 2. The lowest BCUT2D eigenvalue weighted by molar-refractivity contribution is -0.145. The minimum Gasteiger partial charge on any atom is -0.480 e. The lowest BCUT2D eigenvalue weighted by Crippen LogP contribution is -2.31.